The normalized spacial score (nSPS) is 17.6. The van der Waals surface area contributed by atoms with Crippen LogP contribution in [0.3, 0.4) is 0 Å². The summed E-state index contributed by atoms with van der Waals surface area (Å²) in [4.78, 5) is 16.4. The molecule has 5 rings (SSSR count). The fourth-order valence-electron chi connectivity index (χ4n) is 6.81. The molecule has 234 valence electrons. The summed E-state index contributed by atoms with van der Waals surface area (Å²) in [5.74, 6) is -0.562. The van der Waals surface area contributed by atoms with E-state index in [0.717, 1.165) is 37.2 Å². The number of ether oxygens (including phenoxy) is 1. The number of nitrogens with zero attached hydrogens (tertiary/aromatic N) is 1. The fraction of sp³-hybridized carbons (Fsp3) is 0.341. The second-order valence-electron chi connectivity index (χ2n) is 13.6. The van der Waals surface area contributed by atoms with Crippen LogP contribution in [0.1, 0.15) is 81.5 Å². The molecule has 4 heteroatoms. The molecule has 4 nitrogen and oxygen atoms in total. The Kier molecular flexibility index (Phi) is 10.1. The molecule has 0 aromatic heterocycles. The summed E-state index contributed by atoms with van der Waals surface area (Å²) in [7, 11) is 0. The smallest absolute Gasteiger partial charge is 0.338 e. The quantitative estimate of drug-likeness (QED) is 0.164. The van der Waals surface area contributed by atoms with Crippen LogP contribution in [-0.4, -0.2) is 16.7 Å². The molecular formula is C41H47NO3. The van der Waals surface area contributed by atoms with Crippen molar-refractivity contribution in [3.8, 4) is 0 Å². The van der Waals surface area contributed by atoms with Crippen molar-refractivity contribution in [3.63, 3.8) is 0 Å². The Labute approximate surface area is 269 Å². The molecule has 0 saturated carbocycles. The zero-order valence-electron chi connectivity index (χ0n) is 27.2. The van der Waals surface area contributed by atoms with Crippen LogP contribution in [0.4, 0.5) is 5.69 Å². The van der Waals surface area contributed by atoms with Gasteiger partial charge in [-0.25, -0.2) is 4.79 Å². The number of cyclic esters (lactones) is 1. The fourth-order valence-corrected chi connectivity index (χ4v) is 6.81. The van der Waals surface area contributed by atoms with Gasteiger partial charge in [0.15, 0.2) is 0 Å². The molecule has 1 aliphatic rings. The summed E-state index contributed by atoms with van der Waals surface area (Å²) in [6.07, 6.45) is 3.40. The standard InChI is InChI=1S/C41H47NO3/c1-5-25-41(26-24-31-16-9-6-10-17-31)28-36(43)37(39(44)45-41)38(40(2,3)4)34-22-15-23-35(27-34)42(29-32-18-11-7-12-19-32)30-33-20-13-8-14-21-33/h6-23,27,38,43H,5,24-26,28-30H2,1-4H3/t38-,41-/m0/s1. The highest BCUT2D eigenvalue weighted by Gasteiger charge is 2.46. The van der Waals surface area contributed by atoms with Crippen molar-refractivity contribution >= 4 is 11.7 Å². The summed E-state index contributed by atoms with van der Waals surface area (Å²) in [5, 5.41) is 11.7. The van der Waals surface area contributed by atoms with Gasteiger partial charge in [-0.2, -0.15) is 0 Å². The molecule has 4 aromatic rings. The van der Waals surface area contributed by atoms with Crippen LogP contribution in [0.5, 0.6) is 0 Å². The van der Waals surface area contributed by atoms with Gasteiger partial charge in [0, 0.05) is 31.1 Å². The molecule has 2 atom stereocenters. The first-order chi connectivity index (χ1) is 21.7. The van der Waals surface area contributed by atoms with E-state index in [4.69, 9.17) is 4.74 Å². The summed E-state index contributed by atoms with van der Waals surface area (Å²) in [6, 6.07) is 39.8. The van der Waals surface area contributed by atoms with Gasteiger partial charge in [0.2, 0.25) is 0 Å². The minimum absolute atomic E-state index is 0.170. The minimum Gasteiger partial charge on any atom is -0.512 e. The topological polar surface area (TPSA) is 49.8 Å². The number of anilines is 1. The Morgan fingerprint density at radius 1 is 0.778 bits per heavy atom. The van der Waals surface area contributed by atoms with E-state index in [0.29, 0.717) is 24.8 Å². The van der Waals surface area contributed by atoms with Gasteiger partial charge in [0.25, 0.3) is 0 Å². The number of aliphatic hydroxyl groups is 1. The van der Waals surface area contributed by atoms with Crippen LogP contribution >= 0.6 is 0 Å². The van der Waals surface area contributed by atoms with Gasteiger partial charge in [0.05, 0.1) is 5.57 Å². The summed E-state index contributed by atoms with van der Waals surface area (Å²) < 4.78 is 6.39. The lowest BCUT2D eigenvalue weighted by molar-refractivity contribution is -0.161. The highest BCUT2D eigenvalue weighted by atomic mass is 16.6. The van der Waals surface area contributed by atoms with Crippen molar-refractivity contribution in [2.45, 2.75) is 84.4 Å². The van der Waals surface area contributed by atoms with Crippen LogP contribution in [0.2, 0.25) is 0 Å². The largest absolute Gasteiger partial charge is 0.512 e. The predicted octanol–water partition coefficient (Wildman–Crippen LogP) is 9.95. The van der Waals surface area contributed by atoms with Crippen molar-refractivity contribution in [1.82, 2.24) is 0 Å². The van der Waals surface area contributed by atoms with E-state index in [9.17, 15) is 9.90 Å². The Balaban J connectivity index is 1.49. The number of aryl methyl sites for hydroxylation is 1. The molecule has 1 N–H and O–H groups in total. The number of esters is 1. The van der Waals surface area contributed by atoms with E-state index in [1.54, 1.807) is 0 Å². The highest BCUT2D eigenvalue weighted by Crippen LogP contribution is 2.47. The van der Waals surface area contributed by atoms with Gasteiger partial charge in [-0.05, 0) is 59.1 Å². The first kappa shape index (κ1) is 32.1. The third kappa shape index (κ3) is 8.05. The molecule has 0 radical (unpaired) electrons. The molecule has 0 spiro atoms. The van der Waals surface area contributed by atoms with Gasteiger partial charge in [0.1, 0.15) is 11.4 Å². The minimum atomic E-state index is -0.707. The molecule has 1 heterocycles. The van der Waals surface area contributed by atoms with E-state index in [-0.39, 0.29) is 17.1 Å². The molecule has 0 fully saturated rings. The molecule has 1 aliphatic heterocycles. The van der Waals surface area contributed by atoms with Crippen molar-refractivity contribution in [3.05, 3.63) is 149 Å². The summed E-state index contributed by atoms with van der Waals surface area (Å²) in [5.41, 5.74) is 5.07. The first-order valence-corrected chi connectivity index (χ1v) is 16.3. The Hall–Kier alpha value is -4.31. The van der Waals surface area contributed by atoms with E-state index in [2.05, 4.69) is 118 Å². The Morgan fingerprint density at radius 3 is 1.84 bits per heavy atom. The molecule has 0 aliphatic carbocycles. The van der Waals surface area contributed by atoms with Crippen LogP contribution in [0.15, 0.2) is 127 Å². The van der Waals surface area contributed by atoms with Crippen molar-refractivity contribution in [2.75, 3.05) is 4.90 Å². The number of carbonyl (C=O) groups excluding carboxylic acids is 1. The maximum absolute atomic E-state index is 14.0. The Morgan fingerprint density at radius 2 is 1.33 bits per heavy atom. The van der Waals surface area contributed by atoms with Crippen LogP contribution < -0.4 is 4.90 Å². The maximum Gasteiger partial charge on any atom is 0.338 e. The molecule has 45 heavy (non-hydrogen) atoms. The zero-order chi connectivity index (χ0) is 31.9. The number of hydrogen-bond donors (Lipinski definition) is 1. The van der Waals surface area contributed by atoms with Gasteiger partial charge in [-0.1, -0.05) is 137 Å². The molecule has 4 aromatic carbocycles. The Bertz CT molecular complexity index is 1530. The molecule has 0 amide bonds. The lowest BCUT2D eigenvalue weighted by Gasteiger charge is -2.41. The number of benzene rings is 4. The zero-order valence-corrected chi connectivity index (χ0v) is 27.2. The van der Waals surface area contributed by atoms with Gasteiger partial charge in [-0.15, -0.1) is 0 Å². The van der Waals surface area contributed by atoms with E-state index in [1.807, 2.05) is 30.3 Å². The van der Waals surface area contributed by atoms with E-state index < -0.39 is 11.6 Å². The lowest BCUT2D eigenvalue weighted by Crippen LogP contribution is -2.43. The lowest BCUT2D eigenvalue weighted by atomic mass is 9.70. The predicted molar refractivity (Wildman–Crippen MR) is 184 cm³/mol. The van der Waals surface area contributed by atoms with Crippen LogP contribution in [-0.2, 0) is 29.0 Å². The van der Waals surface area contributed by atoms with E-state index >= 15 is 0 Å². The van der Waals surface area contributed by atoms with Gasteiger partial charge >= 0.3 is 5.97 Å². The summed E-state index contributed by atoms with van der Waals surface area (Å²) in [6.45, 7) is 9.99. The number of aliphatic hydroxyl groups excluding tert-OH is 1. The SMILES string of the molecule is CCC[C@]1(CCc2ccccc2)CC(O)=C([C@H](c2cccc(N(Cc3ccccc3)Cc3ccccc3)c2)C(C)(C)C)C(=O)O1. The summed E-state index contributed by atoms with van der Waals surface area (Å²) >= 11 is 0. The average molecular weight is 602 g/mol. The van der Waals surface area contributed by atoms with Crippen molar-refractivity contribution in [1.29, 1.82) is 0 Å². The van der Waals surface area contributed by atoms with Gasteiger partial charge in [-0.3, -0.25) is 0 Å². The second-order valence-corrected chi connectivity index (χ2v) is 13.6. The molecule has 0 unspecified atom stereocenters. The molecular weight excluding hydrogens is 554 g/mol. The number of hydrogen-bond acceptors (Lipinski definition) is 4. The average Bonchev–Trinajstić information content (AvgIpc) is 3.03. The molecule has 0 bridgehead atoms. The third-order valence-corrected chi connectivity index (χ3v) is 8.90. The monoisotopic (exact) mass is 601 g/mol. The first-order valence-electron chi connectivity index (χ1n) is 16.3. The van der Waals surface area contributed by atoms with Crippen molar-refractivity contribution in [2.24, 2.45) is 5.41 Å². The second kappa shape index (κ2) is 14.2. The number of rotatable bonds is 12. The number of carbonyl (C=O) groups is 1. The molecule has 0 saturated heterocycles. The van der Waals surface area contributed by atoms with Crippen molar-refractivity contribution < 1.29 is 14.6 Å². The van der Waals surface area contributed by atoms with Gasteiger partial charge < -0.3 is 14.7 Å². The third-order valence-electron chi connectivity index (χ3n) is 8.90. The van der Waals surface area contributed by atoms with E-state index in [1.165, 1.54) is 16.7 Å². The van der Waals surface area contributed by atoms with Crippen LogP contribution in [0, 0.1) is 5.41 Å². The maximum atomic E-state index is 14.0. The highest BCUT2D eigenvalue weighted by molar-refractivity contribution is 5.92. The van der Waals surface area contributed by atoms with Crippen LogP contribution in [0.25, 0.3) is 0 Å².